The highest BCUT2D eigenvalue weighted by molar-refractivity contribution is 5.83. The van der Waals surface area contributed by atoms with Gasteiger partial charge in [-0.15, -0.1) is 0 Å². The summed E-state index contributed by atoms with van der Waals surface area (Å²) in [6.45, 7) is 10.00. The van der Waals surface area contributed by atoms with Crippen LogP contribution in [0.3, 0.4) is 0 Å². The lowest BCUT2D eigenvalue weighted by molar-refractivity contribution is 0.0527. The molecule has 1 amide bonds. The van der Waals surface area contributed by atoms with Gasteiger partial charge >= 0.3 is 6.09 Å². The van der Waals surface area contributed by atoms with Gasteiger partial charge in [-0.3, -0.25) is 0 Å². The van der Waals surface area contributed by atoms with Crippen molar-refractivity contribution in [3.63, 3.8) is 0 Å². The molecule has 0 bridgehead atoms. The third-order valence-electron chi connectivity index (χ3n) is 3.98. The Hall–Kier alpha value is -2.77. The molecule has 0 spiro atoms. The summed E-state index contributed by atoms with van der Waals surface area (Å²) in [7, 11) is 0. The fourth-order valence-electron chi connectivity index (χ4n) is 2.71. The van der Waals surface area contributed by atoms with Crippen LogP contribution in [0.5, 0.6) is 0 Å². The second-order valence-electron chi connectivity index (χ2n) is 7.89. The van der Waals surface area contributed by atoms with Crippen LogP contribution in [0.2, 0.25) is 0 Å². The van der Waals surface area contributed by atoms with Crippen LogP contribution in [0, 0.1) is 6.92 Å². The van der Waals surface area contributed by atoms with Gasteiger partial charge in [0.2, 0.25) is 0 Å². The molecule has 1 heterocycles. The second kappa shape index (κ2) is 9.43. The average Bonchev–Trinajstić information content (AvgIpc) is 3.01. The molecule has 0 aliphatic heterocycles. The largest absolute Gasteiger partial charge is 0.444 e. The summed E-state index contributed by atoms with van der Waals surface area (Å²) in [5, 5.41) is 10.1. The number of hydrogen-bond acceptors (Lipinski definition) is 7. The molecule has 1 atom stereocenters. The van der Waals surface area contributed by atoms with E-state index >= 15 is 0 Å². The van der Waals surface area contributed by atoms with E-state index in [1.54, 1.807) is 6.92 Å². The predicted octanol–water partition coefficient (Wildman–Crippen LogP) is 4.12. The standard InChI is InChI=1S/C20H31N5O3/c1-13(9-6-7-12-22-19(26)27-20(3,4)5)23-17-15(10-8-11-16(17)21)18-24-14(2)25-28-18/h8,10-11,13,23H,6-7,9,12,21H2,1-5H3,(H,22,26). The minimum Gasteiger partial charge on any atom is -0.444 e. The van der Waals surface area contributed by atoms with Crippen LogP contribution in [-0.2, 0) is 4.74 Å². The maximum Gasteiger partial charge on any atom is 0.407 e. The first-order chi connectivity index (χ1) is 13.2. The van der Waals surface area contributed by atoms with Crippen molar-refractivity contribution in [1.29, 1.82) is 0 Å². The van der Waals surface area contributed by atoms with Crippen molar-refractivity contribution in [2.24, 2.45) is 0 Å². The zero-order valence-corrected chi connectivity index (χ0v) is 17.3. The number of para-hydroxylation sites is 1. The molecule has 2 aromatic rings. The number of nitrogen functional groups attached to an aromatic ring is 1. The lowest BCUT2D eigenvalue weighted by Crippen LogP contribution is -2.33. The van der Waals surface area contributed by atoms with E-state index in [-0.39, 0.29) is 12.1 Å². The number of nitrogens with two attached hydrogens (primary N) is 1. The van der Waals surface area contributed by atoms with E-state index < -0.39 is 5.60 Å². The number of aromatic nitrogens is 2. The van der Waals surface area contributed by atoms with Gasteiger partial charge in [0.15, 0.2) is 5.82 Å². The molecule has 0 radical (unpaired) electrons. The van der Waals surface area contributed by atoms with E-state index in [9.17, 15) is 4.79 Å². The first-order valence-corrected chi connectivity index (χ1v) is 9.58. The molecule has 8 heteroatoms. The number of anilines is 2. The van der Waals surface area contributed by atoms with Crippen molar-refractivity contribution < 1.29 is 14.1 Å². The Kier molecular flexibility index (Phi) is 7.25. The van der Waals surface area contributed by atoms with E-state index in [1.165, 1.54) is 0 Å². The van der Waals surface area contributed by atoms with E-state index in [2.05, 4.69) is 27.7 Å². The van der Waals surface area contributed by atoms with E-state index in [4.69, 9.17) is 15.0 Å². The first-order valence-electron chi connectivity index (χ1n) is 9.58. The van der Waals surface area contributed by atoms with Gasteiger partial charge in [0.25, 0.3) is 5.89 Å². The summed E-state index contributed by atoms with van der Waals surface area (Å²) >= 11 is 0. The van der Waals surface area contributed by atoms with Gasteiger partial charge in [0.05, 0.1) is 16.9 Å². The highest BCUT2D eigenvalue weighted by atomic mass is 16.6. The topological polar surface area (TPSA) is 115 Å². The Labute approximate surface area is 166 Å². The van der Waals surface area contributed by atoms with Gasteiger partial charge in [0, 0.05) is 12.6 Å². The number of unbranched alkanes of at least 4 members (excludes halogenated alkanes) is 1. The maximum atomic E-state index is 11.6. The first kappa shape index (κ1) is 21.5. The Balaban J connectivity index is 1.82. The Morgan fingerprint density at radius 1 is 1.32 bits per heavy atom. The quantitative estimate of drug-likeness (QED) is 0.459. The van der Waals surface area contributed by atoms with Crippen LogP contribution in [0.4, 0.5) is 16.2 Å². The van der Waals surface area contributed by atoms with E-state index in [0.29, 0.717) is 23.9 Å². The van der Waals surface area contributed by atoms with Gasteiger partial charge in [-0.05, 0) is 66.0 Å². The van der Waals surface area contributed by atoms with Gasteiger partial charge in [-0.2, -0.15) is 4.98 Å². The third-order valence-corrected chi connectivity index (χ3v) is 3.98. The number of aryl methyl sites for hydroxylation is 1. The SMILES string of the molecule is Cc1noc(-c2cccc(N)c2NC(C)CCCCNC(=O)OC(C)(C)C)n1. The molecule has 0 saturated carbocycles. The number of benzene rings is 1. The van der Waals surface area contributed by atoms with Gasteiger partial charge in [-0.1, -0.05) is 11.2 Å². The van der Waals surface area contributed by atoms with Crippen LogP contribution in [0.15, 0.2) is 22.7 Å². The van der Waals surface area contributed by atoms with Crippen molar-refractivity contribution in [3.05, 3.63) is 24.0 Å². The number of hydrogen-bond donors (Lipinski definition) is 3. The maximum absolute atomic E-state index is 11.6. The second-order valence-corrected chi connectivity index (χ2v) is 7.89. The van der Waals surface area contributed by atoms with Gasteiger partial charge in [0.1, 0.15) is 5.60 Å². The van der Waals surface area contributed by atoms with Crippen molar-refractivity contribution in [3.8, 4) is 11.5 Å². The van der Waals surface area contributed by atoms with Crippen molar-refractivity contribution in [1.82, 2.24) is 15.5 Å². The highest BCUT2D eigenvalue weighted by Gasteiger charge is 2.17. The molecule has 1 aromatic carbocycles. The lowest BCUT2D eigenvalue weighted by atomic mass is 10.1. The zero-order chi connectivity index (χ0) is 20.7. The summed E-state index contributed by atoms with van der Waals surface area (Å²) in [5.41, 5.74) is 7.90. The van der Waals surface area contributed by atoms with E-state index in [1.807, 2.05) is 39.0 Å². The molecule has 28 heavy (non-hydrogen) atoms. The van der Waals surface area contributed by atoms with E-state index in [0.717, 1.165) is 30.5 Å². The monoisotopic (exact) mass is 389 g/mol. The number of alkyl carbamates (subject to hydrolysis) is 1. The van der Waals surface area contributed by atoms with Gasteiger partial charge in [-0.25, -0.2) is 4.79 Å². The molecule has 4 N–H and O–H groups in total. The summed E-state index contributed by atoms with van der Waals surface area (Å²) in [6, 6.07) is 5.80. The predicted molar refractivity (Wildman–Crippen MR) is 110 cm³/mol. The zero-order valence-electron chi connectivity index (χ0n) is 17.3. The summed E-state index contributed by atoms with van der Waals surface area (Å²) < 4.78 is 10.5. The Bertz CT molecular complexity index is 782. The smallest absolute Gasteiger partial charge is 0.407 e. The number of amides is 1. The molecular formula is C20H31N5O3. The van der Waals surface area contributed by atoms with Crippen LogP contribution < -0.4 is 16.4 Å². The Morgan fingerprint density at radius 2 is 2.07 bits per heavy atom. The molecule has 154 valence electrons. The molecule has 0 aliphatic rings. The van der Waals surface area contributed by atoms with Crippen molar-refractivity contribution in [2.45, 2.75) is 65.5 Å². The van der Waals surface area contributed by atoms with Crippen molar-refractivity contribution in [2.75, 3.05) is 17.6 Å². The molecule has 2 rings (SSSR count). The number of nitrogens with one attached hydrogen (secondary N) is 2. The number of carbonyl (C=O) groups excluding carboxylic acids is 1. The fraction of sp³-hybridized carbons (Fsp3) is 0.550. The minimum absolute atomic E-state index is 0.189. The van der Waals surface area contributed by atoms with Crippen LogP contribution in [0.25, 0.3) is 11.5 Å². The van der Waals surface area contributed by atoms with Crippen LogP contribution >= 0.6 is 0 Å². The molecular weight excluding hydrogens is 358 g/mol. The molecule has 0 fully saturated rings. The summed E-state index contributed by atoms with van der Waals surface area (Å²) in [6.07, 6.45) is 2.36. The summed E-state index contributed by atoms with van der Waals surface area (Å²) in [5.74, 6) is 1.02. The number of carbonyl (C=O) groups is 1. The molecule has 1 unspecified atom stereocenters. The molecule has 0 saturated heterocycles. The minimum atomic E-state index is -0.479. The number of ether oxygens (including phenoxy) is 1. The third kappa shape index (κ3) is 6.75. The van der Waals surface area contributed by atoms with Crippen LogP contribution in [0.1, 0.15) is 52.8 Å². The summed E-state index contributed by atoms with van der Waals surface area (Å²) in [4.78, 5) is 15.9. The van der Waals surface area contributed by atoms with Crippen LogP contribution in [-0.4, -0.2) is 34.4 Å². The Morgan fingerprint density at radius 3 is 2.71 bits per heavy atom. The normalized spacial score (nSPS) is 12.5. The average molecular weight is 390 g/mol. The van der Waals surface area contributed by atoms with Gasteiger partial charge < -0.3 is 25.6 Å². The molecule has 1 aromatic heterocycles. The fourth-order valence-corrected chi connectivity index (χ4v) is 2.71. The number of rotatable bonds is 8. The lowest BCUT2D eigenvalue weighted by Gasteiger charge is -2.20. The molecule has 8 nitrogen and oxygen atoms in total. The highest BCUT2D eigenvalue weighted by Crippen LogP contribution is 2.32. The number of nitrogens with zero attached hydrogens (tertiary/aromatic N) is 2. The molecule has 0 aliphatic carbocycles. The van der Waals surface area contributed by atoms with Crippen molar-refractivity contribution >= 4 is 17.5 Å².